The SMILES string of the molecule is CCCC(CC)Oc1cc(OC(CC)CCC)c(OC(CC)CCC)c(C(=O)CCc2cc(CC)ccc2OC(CC)CCC)c1. The van der Waals surface area contributed by atoms with Gasteiger partial charge in [0, 0.05) is 12.5 Å². The van der Waals surface area contributed by atoms with E-state index in [9.17, 15) is 4.79 Å². The zero-order valence-electron chi connectivity index (χ0n) is 30.8. The molecule has 0 aliphatic carbocycles. The van der Waals surface area contributed by atoms with Crippen LogP contribution >= 0.6 is 0 Å². The Labute approximate surface area is 282 Å². The fourth-order valence-corrected chi connectivity index (χ4v) is 6.00. The lowest BCUT2D eigenvalue weighted by Gasteiger charge is -2.26. The van der Waals surface area contributed by atoms with Crippen LogP contribution in [0, 0.1) is 0 Å². The molecule has 0 saturated heterocycles. The zero-order valence-corrected chi connectivity index (χ0v) is 30.8. The van der Waals surface area contributed by atoms with Crippen LogP contribution in [0.25, 0.3) is 0 Å². The number of ketones is 1. The second-order valence-corrected chi connectivity index (χ2v) is 12.8. The lowest BCUT2D eigenvalue weighted by Crippen LogP contribution is -2.21. The molecular weight excluding hydrogens is 572 g/mol. The largest absolute Gasteiger partial charge is 0.490 e. The van der Waals surface area contributed by atoms with E-state index in [1.807, 2.05) is 12.1 Å². The van der Waals surface area contributed by atoms with Gasteiger partial charge in [0.2, 0.25) is 0 Å². The van der Waals surface area contributed by atoms with Crippen LogP contribution in [0.1, 0.15) is 167 Å². The zero-order chi connectivity index (χ0) is 33.9. The molecule has 0 bridgehead atoms. The van der Waals surface area contributed by atoms with Crippen molar-refractivity contribution >= 4 is 5.78 Å². The van der Waals surface area contributed by atoms with Gasteiger partial charge in [-0.3, -0.25) is 4.79 Å². The van der Waals surface area contributed by atoms with Crippen LogP contribution in [-0.4, -0.2) is 30.2 Å². The van der Waals surface area contributed by atoms with Gasteiger partial charge in [0.1, 0.15) is 11.5 Å². The number of ether oxygens (including phenoxy) is 4. The number of Topliss-reactive ketones (excluding diaryl/α,β-unsaturated/α-hetero) is 1. The van der Waals surface area contributed by atoms with Crippen LogP contribution in [0.4, 0.5) is 0 Å². The lowest BCUT2D eigenvalue weighted by atomic mass is 9.98. The van der Waals surface area contributed by atoms with E-state index >= 15 is 0 Å². The van der Waals surface area contributed by atoms with E-state index < -0.39 is 0 Å². The van der Waals surface area contributed by atoms with Gasteiger partial charge in [-0.1, -0.05) is 100 Å². The van der Waals surface area contributed by atoms with Crippen molar-refractivity contribution in [3.63, 3.8) is 0 Å². The highest BCUT2D eigenvalue weighted by atomic mass is 16.5. The molecular formula is C41H66O5. The maximum absolute atomic E-state index is 14.3. The summed E-state index contributed by atoms with van der Waals surface area (Å²) in [6.07, 6.45) is 13.8. The van der Waals surface area contributed by atoms with Gasteiger partial charge in [-0.2, -0.15) is 0 Å². The standard InChI is InChI=1S/C41H66O5/c1-10-19-32(15-6)43-36-28-37(41(46-35(18-9)22-13-4)40(29-36)45-34(17-8)21-12-3)38(42)25-24-31-27-30(14-5)23-26-39(31)44-33(16-7)20-11-2/h23,26-29,32-35H,10-22,24-25H2,1-9H3. The van der Waals surface area contributed by atoms with E-state index in [0.717, 1.165) is 94.8 Å². The summed E-state index contributed by atoms with van der Waals surface area (Å²) in [5, 5.41) is 0. The molecule has 5 heteroatoms. The molecule has 4 unspecified atom stereocenters. The molecule has 0 aliphatic heterocycles. The summed E-state index contributed by atoms with van der Waals surface area (Å²) in [5.74, 6) is 2.82. The van der Waals surface area contributed by atoms with E-state index in [4.69, 9.17) is 18.9 Å². The fourth-order valence-electron chi connectivity index (χ4n) is 6.00. The third-order valence-electron chi connectivity index (χ3n) is 8.92. The van der Waals surface area contributed by atoms with Crippen LogP contribution in [0.3, 0.4) is 0 Å². The van der Waals surface area contributed by atoms with Gasteiger partial charge >= 0.3 is 0 Å². The van der Waals surface area contributed by atoms with Crippen molar-refractivity contribution in [2.75, 3.05) is 0 Å². The van der Waals surface area contributed by atoms with Crippen molar-refractivity contribution in [2.24, 2.45) is 0 Å². The first kappa shape index (κ1) is 39.5. The molecule has 0 fully saturated rings. The monoisotopic (exact) mass is 638 g/mol. The van der Waals surface area contributed by atoms with Crippen molar-refractivity contribution < 1.29 is 23.7 Å². The van der Waals surface area contributed by atoms with Crippen LogP contribution in [0.5, 0.6) is 23.0 Å². The topological polar surface area (TPSA) is 54.0 Å². The van der Waals surface area contributed by atoms with E-state index in [-0.39, 0.29) is 30.2 Å². The minimum atomic E-state index is 0.00572. The Hall–Kier alpha value is -2.69. The second-order valence-electron chi connectivity index (χ2n) is 12.8. The molecule has 46 heavy (non-hydrogen) atoms. The predicted molar refractivity (Wildman–Crippen MR) is 193 cm³/mol. The van der Waals surface area contributed by atoms with E-state index in [1.165, 1.54) is 5.56 Å². The van der Waals surface area contributed by atoms with E-state index in [2.05, 4.69) is 80.5 Å². The van der Waals surface area contributed by atoms with Gasteiger partial charge < -0.3 is 18.9 Å². The number of rotatable bonds is 25. The molecule has 0 heterocycles. The molecule has 2 aromatic rings. The summed E-state index contributed by atoms with van der Waals surface area (Å²) in [6.45, 7) is 19.5. The highest BCUT2D eigenvalue weighted by Crippen LogP contribution is 2.40. The number of hydrogen-bond donors (Lipinski definition) is 0. The molecule has 0 saturated carbocycles. The van der Waals surface area contributed by atoms with Crippen molar-refractivity contribution in [1.82, 2.24) is 0 Å². The minimum Gasteiger partial charge on any atom is -0.490 e. The lowest BCUT2D eigenvalue weighted by molar-refractivity contribution is 0.0965. The molecule has 4 atom stereocenters. The normalized spacial score (nSPS) is 13.9. The van der Waals surface area contributed by atoms with Gasteiger partial charge in [-0.25, -0.2) is 0 Å². The molecule has 0 N–H and O–H groups in total. The van der Waals surface area contributed by atoms with Crippen molar-refractivity contribution in [3.8, 4) is 23.0 Å². The number of benzene rings is 2. The molecule has 0 aliphatic rings. The minimum absolute atomic E-state index is 0.00572. The van der Waals surface area contributed by atoms with Crippen LogP contribution < -0.4 is 18.9 Å². The van der Waals surface area contributed by atoms with Crippen molar-refractivity contribution in [3.05, 3.63) is 47.0 Å². The molecule has 0 spiro atoms. The van der Waals surface area contributed by atoms with Crippen molar-refractivity contribution in [2.45, 2.75) is 183 Å². The highest BCUT2D eigenvalue weighted by Gasteiger charge is 2.25. The van der Waals surface area contributed by atoms with Gasteiger partial charge in [-0.05, 0) is 87.5 Å². The maximum Gasteiger partial charge on any atom is 0.172 e. The average molecular weight is 639 g/mol. The van der Waals surface area contributed by atoms with Gasteiger partial charge in [0.15, 0.2) is 17.3 Å². The third-order valence-corrected chi connectivity index (χ3v) is 8.92. The number of hydrogen-bond acceptors (Lipinski definition) is 5. The molecule has 0 amide bonds. The van der Waals surface area contributed by atoms with Gasteiger partial charge in [-0.15, -0.1) is 0 Å². The van der Waals surface area contributed by atoms with Crippen molar-refractivity contribution in [1.29, 1.82) is 0 Å². The van der Waals surface area contributed by atoms with E-state index in [1.54, 1.807) is 0 Å². The molecule has 2 aromatic carbocycles. The van der Waals surface area contributed by atoms with Crippen LogP contribution in [0.2, 0.25) is 0 Å². The average Bonchev–Trinajstić information content (AvgIpc) is 3.07. The Morgan fingerprint density at radius 3 is 1.59 bits per heavy atom. The first-order chi connectivity index (χ1) is 22.3. The summed E-state index contributed by atoms with van der Waals surface area (Å²) in [6, 6.07) is 10.3. The third kappa shape index (κ3) is 12.5. The first-order valence-electron chi connectivity index (χ1n) is 18.8. The Balaban J connectivity index is 2.60. The molecule has 2 rings (SSSR count). The van der Waals surface area contributed by atoms with Gasteiger partial charge in [0.05, 0.1) is 30.0 Å². The molecule has 260 valence electrons. The predicted octanol–water partition coefficient (Wildman–Crippen LogP) is 11.9. The Kier molecular flexibility index (Phi) is 18.9. The van der Waals surface area contributed by atoms with Crippen LogP contribution in [0.15, 0.2) is 30.3 Å². The molecule has 0 radical (unpaired) electrons. The number of carbonyl (C=O) groups is 1. The quantitative estimate of drug-likeness (QED) is 0.101. The van der Waals surface area contributed by atoms with Gasteiger partial charge in [0.25, 0.3) is 0 Å². The Morgan fingerprint density at radius 2 is 1.09 bits per heavy atom. The smallest absolute Gasteiger partial charge is 0.172 e. The molecule has 5 nitrogen and oxygen atoms in total. The summed E-state index contributed by atoms with van der Waals surface area (Å²) >= 11 is 0. The summed E-state index contributed by atoms with van der Waals surface area (Å²) in [4.78, 5) is 14.3. The summed E-state index contributed by atoms with van der Waals surface area (Å²) in [7, 11) is 0. The maximum atomic E-state index is 14.3. The van der Waals surface area contributed by atoms with E-state index in [0.29, 0.717) is 35.7 Å². The first-order valence-corrected chi connectivity index (χ1v) is 18.8. The Bertz CT molecular complexity index is 1140. The number of aryl methyl sites for hydroxylation is 2. The van der Waals surface area contributed by atoms with Crippen LogP contribution in [-0.2, 0) is 12.8 Å². The summed E-state index contributed by atoms with van der Waals surface area (Å²) in [5.41, 5.74) is 2.90. The molecule has 0 aromatic heterocycles. The number of carbonyl (C=O) groups excluding carboxylic acids is 1. The second kappa shape index (κ2) is 22.0. The Morgan fingerprint density at radius 1 is 0.587 bits per heavy atom. The highest BCUT2D eigenvalue weighted by molar-refractivity contribution is 6.00. The fraction of sp³-hybridized carbons (Fsp3) is 0.683. The summed E-state index contributed by atoms with van der Waals surface area (Å²) < 4.78 is 26.4.